The van der Waals surface area contributed by atoms with Crippen molar-refractivity contribution >= 4 is 23.8 Å². The summed E-state index contributed by atoms with van der Waals surface area (Å²) in [6.45, 7) is -0.447. The minimum Gasteiger partial charge on any atom is -0.487 e. The van der Waals surface area contributed by atoms with Crippen molar-refractivity contribution in [2.75, 3.05) is 12.3 Å². The molecule has 0 aliphatic heterocycles. The highest BCUT2D eigenvalue weighted by Gasteiger charge is 2.24. The van der Waals surface area contributed by atoms with Crippen molar-refractivity contribution in [3.05, 3.63) is 71.3 Å². The third kappa shape index (κ3) is 5.77. The number of nitrogens with one attached hydrogen (secondary N) is 1. The summed E-state index contributed by atoms with van der Waals surface area (Å²) in [6.07, 6.45) is 1.38. The van der Waals surface area contributed by atoms with E-state index in [0.29, 0.717) is 17.1 Å². The van der Waals surface area contributed by atoms with E-state index in [1.54, 1.807) is 24.3 Å². The average molecular weight is 495 g/mol. The molecule has 14 nitrogen and oxygen atoms in total. The van der Waals surface area contributed by atoms with Gasteiger partial charge in [-0.15, -0.1) is 5.10 Å². The average Bonchev–Trinajstić information content (AvgIpc) is 3.48. The predicted molar refractivity (Wildman–Crippen MR) is 121 cm³/mol. The maximum atomic E-state index is 13.2. The molecule has 0 atom stereocenters. The molecule has 0 aliphatic carbocycles. The molecule has 0 bridgehead atoms. The van der Waals surface area contributed by atoms with Gasteiger partial charge in [0.05, 0.1) is 6.21 Å². The maximum Gasteiger partial charge on any atom is 0.293 e. The van der Waals surface area contributed by atoms with Gasteiger partial charge in [-0.1, -0.05) is 5.21 Å². The Morgan fingerprint density at radius 1 is 1.08 bits per heavy atom. The first-order valence-corrected chi connectivity index (χ1v) is 10.2. The number of nitrogens with two attached hydrogens (primary N) is 2. The molecule has 4 aromatic rings. The van der Waals surface area contributed by atoms with Crippen LogP contribution in [0.2, 0.25) is 0 Å². The van der Waals surface area contributed by atoms with E-state index in [9.17, 15) is 14.0 Å². The molecule has 2 amide bonds. The van der Waals surface area contributed by atoms with Crippen LogP contribution in [0, 0.1) is 5.82 Å². The minimum absolute atomic E-state index is 0.00130. The van der Waals surface area contributed by atoms with Crippen LogP contribution in [-0.4, -0.2) is 49.9 Å². The number of carbonyl (C=O) groups excluding carboxylic acids is 2. The number of aromatic nitrogens is 5. The second-order valence-electron chi connectivity index (χ2n) is 7.04. The molecule has 0 radical (unpaired) electrons. The predicted octanol–water partition coefficient (Wildman–Crippen LogP) is 0.579. The number of nitrogen functional groups attached to an aromatic ring is 1. The van der Waals surface area contributed by atoms with Crippen LogP contribution in [0.25, 0.3) is 5.82 Å². The zero-order valence-electron chi connectivity index (χ0n) is 18.4. The van der Waals surface area contributed by atoms with Gasteiger partial charge < -0.3 is 20.9 Å². The van der Waals surface area contributed by atoms with E-state index in [0.717, 1.165) is 4.68 Å². The minimum atomic E-state index is -0.702. The van der Waals surface area contributed by atoms with Crippen molar-refractivity contribution in [3.63, 3.8) is 0 Å². The van der Waals surface area contributed by atoms with Crippen LogP contribution < -0.4 is 26.4 Å². The van der Waals surface area contributed by atoms with Crippen LogP contribution in [0.5, 0.6) is 11.5 Å². The van der Waals surface area contributed by atoms with Crippen molar-refractivity contribution < 1.29 is 28.1 Å². The second kappa shape index (κ2) is 10.7. The molecule has 5 N–H and O–H groups in total. The lowest BCUT2D eigenvalue weighted by Gasteiger charge is -2.08. The SMILES string of the molecule is NC(=O)COc1ccc(C=NNC(=O)c2nnn(-c3nonc3N)c2COc2ccc(F)cc2)cc1. The van der Waals surface area contributed by atoms with Gasteiger partial charge in [0, 0.05) is 0 Å². The smallest absolute Gasteiger partial charge is 0.293 e. The first-order chi connectivity index (χ1) is 17.4. The summed E-state index contributed by atoms with van der Waals surface area (Å²) in [5, 5.41) is 18.8. The van der Waals surface area contributed by atoms with Crippen molar-refractivity contribution in [2.24, 2.45) is 10.8 Å². The third-order valence-electron chi connectivity index (χ3n) is 4.50. The number of hydrogen-bond donors (Lipinski definition) is 3. The van der Waals surface area contributed by atoms with Crippen molar-refractivity contribution in [3.8, 4) is 17.3 Å². The summed E-state index contributed by atoms with van der Waals surface area (Å²) < 4.78 is 29.7. The Morgan fingerprint density at radius 3 is 2.44 bits per heavy atom. The highest BCUT2D eigenvalue weighted by Crippen LogP contribution is 2.19. The Labute approximate surface area is 201 Å². The number of nitrogens with zero attached hydrogens (tertiary/aromatic N) is 6. The number of anilines is 1. The molecule has 2 heterocycles. The van der Waals surface area contributed by atoms with Gasteiger partial charge in [-0.2, -0.15) is 9.78 Å². The summed E-state index contributed by atoms with van der Waals surface area (Å²) in [5.41, 5.74) is 13.8. The Kier molecular flexibility index (Phi) is 7.09. The molecule has 15 heteroatoms. The summed E-state index contributed by atoms with van der Waals surface area (Å²) in [4.78, 5) is 23.6. The molecular weight excluding hydrogens is 477 g/mol. The lowest BCUT2D eigenvalue weighted by Crippen LogP contribution is -2.21. The Bertz CT molecular complexity index is 1380. The van der Waals surface area contributed by atoms with E-state index < -0.39 is 17.6 Å². The third-order valence-corrected chi connectivity index (χ3v) is 4.50. The fourth-order valence-corrected chi connectivity index (χ4v) is 2.82. The molecule has 4 rings (SSSR count). The van der Waals surface area contributed by atoms with Crippen LogP contribution in [0.4, 0.5) is 10.2 Å². The number of hydrogen-bond acceptors (Lipinski definition) is 11. The summed E-state index contributed by atoms with van der Waals surface area (Å²) in [6, 6.07) is 11.8. The van der Waals surface area contributed by atoms with E-state index >= 15 is 0 Å². The molecule has 0 saturated heterocycles. The number of hydrazone groups is 1. The second-order valence-corrected chi connectivity index (χ2v) is 7.04. The Balaban J connectivity index is 1.48. The lowest BCUT2D eigenvalue weighted by molar-refractivity contribution is -0.119. The molecule has 0 aliphatic rings. The van der Waals surface area contributed by atoms with Crippen molar-refractivity contribution in [1.82, 2.24) is 30.7 Å². The van der Waals surface area contributed by atoms with Gasteiger partial charge >= 0.3 is 0 Å². The molecule has 0 fully saturated rings. The largest absolute Gasteiger partial charge is 0.487 e. The van der Waals surface area contributed by atoms with Gasteiger partial charge in [-0.3, -0.25) is 9.59 Å². The molecule has 36 heavy (non-hydrogen) atoms. The first-order valence-electron chi connectivity index (χ1n) is 10.2. The van der Waals surface area contributed by atoms with E-state index in [2.05, 4.69) is 35.8 Å². The molecule has 0 spiro atoms. The summed E-state index contributed by atoms with van der Waals surface area (Å²) in [7, 11) is 0. The Hall–Kier alpha value is -5.34. The molecule has 2 aromatic heterocycles. The van der Waals surface area contributed by atoms with E-state index in [-0.39, 0.29) is 36.2 Å². The van der Waals surface area contributed by atoms with Gasteiger partial charge in [0.15, 0.2) is 12.3 Å². The number of carbonyl (C=O) groups is 2. The standard InChI is InChI=1S/C21H18FN9O5/c22-13-3-7-15(8-4-13)34-10-16-18(26-30-31(16)20-19(24)28-36-29-20)21(33)27-25-9-12-1-5-14(6-2-12)35-11-17(23)32/h1-9H,10-11H2,(H2,23,32)(H2,24,28)(H,27,33). The van der Waals surface area contributed by atoms with E-state index in [1.807, 2.05) is 0 Å². The number of ether oxygens (including phenoxy) is 2. The number of rotatable bonds is 10. The monoisotopic (exact) mass is 495 g/mol. The molecule has 184 valence electrons. The molecule has 0 unspecified atom stereocenters. The van der Waals surface area contributed by atoms with Crippen molar-refractivity contribution in [2.45, 2.75) is 6.61 Å². The summed E-state index contributed by atoms with van der Waals surface area (Å²) >= 11 is 0. The van der Waals surface area contributed by atoms with Gasteiger partial charge in [0.2, 0.25) is 11.6 Å². The lowest BCUT2D eigenvalue weighted by atomic mass is 10.2. The van der Waals surface area contributed by atoms with Gasteiger partial charge in [-0.25, -0.2) is 14.4 Å². The fourth-order valence-electron chi connectivity index (χ4n) is 2.82. The highest BCUT2D eigenvalue weighted by atomic mass is 19.1. The molecular formula is C21H18FN9O5. The maximum absolute atomic E-state index is 13.2. The Morgan fingerprint density at radius 2 is 1.78 bits per heavy atom. The number of benzene rings is 2. The zero-order valence-corrected chi connectivity index (χ0v) is 18.4. The van der Waals surface area contributed by atoms with Crippen LogP contribution in [0.1, 0.15) is 21.7 Å². The summed E-state index contributed by atoms with van der Waals surface area (Å²) in [5.74, 6) is -1.03. The zero-order chi connectivity index (χ0) is 25.5. The van der Waals surface area contributed by atoms with Gasteiger partial charge in [-0.05, 0) is 64.4 Å². The number of halogens is 1. The van der Waals surface area contributed by atoms with Gasteiger partial charge in [0.25, 0.3) is 11.8 Å². The van der Waals surface area contributed by atoms with E-state index in [4.69, 9.17) is 20.9 Å². The van der Waals surface area contributed by atoms with Crippen LogP contribution in [-0.2, 0) is 11.4 Å². The van der Waals surface area contributed by atoms with Crippen LogP contribution in [0.3, 0.4) is 0 Å². The highest BCUT2D eigenvalue weighted by molar-refractivity contribution is 5.94. The molecule has 0 saturated carbocycles. The first kappa shape index (κ1) is 23.8. The van der Waals surface area contributed by atoms with E-state index in [1.165, 1.54) is 30.5 Å². The number of amides is 2. The number of primary amides is 1. The quantitative estimate of drug-likeness (QED) is 0.206. The normalized spacial score (nSPS) is 10.9. The van der Waals surface area contributed by atoms with Gasteiger partial charge in [0.1, 0.15) is 29.6 Å². The molecule has 2 aromatic carbocycles. The van der Waals surface area contributed by atoms with Crippen molar-refractivity contribution in [1.29, 1.82) is 0 Å². The topological polar surface area (TPSA) is 199 Å². The fraction of sp³-hybridized carbons (Fsp3) is 0.0952. The van der Waals surface area contributed by atoms with Crippen LogP contribution in [0.15, 0.2) is 58.3 Å². The van der Waals surface area contributed by atoms with Crippen LogP contribution >= 0.6 is 0 Å².